The number of fused-ring (bicyclic) bond motifs is 1. The number of halogens is 2. The maximum Gasteiger partial charge on any atom is 0.272 e. The van der Waals surface area contributed by atoms with E-state index in [0.717, 1.165) is 55.2 Å². The molecule has 2 aliphatic rings. The molecule has 2 amide bonds. The molecule has 0 saturated carbocycles. The highest BCUT2D eigenvalue weighted by Crippen LogP contribution is 2.21. The number of hydrogen-bond acceptors (Lipinski definition) is 4. The van der Waals surface area contributed by atoms with Crippen molar-refractivity contribution in [3.63, 3.8) is 0 Å². The lowest BCUT2D eigenvalue weighted by Gasteiger charge is -2.33. The molecule has 2 atom stereocenters. The van der Waals surface area contributed by atoms with Crippen LogP contribution in [0.4, 0.5) is 0 Å². The predicted molar refractivity (Wildman–Crippen MR) is 124 cm³/mol. The van der Waals surface area contributed by atoms with E-state index in [0.29, 0.717) is 24.7 Å². The largest absolute Gasteiger partial charge is 0.354 e. The van der Waals surface area contributed by atoms with Crippen molar-refractivity contribution in [2.75, 3.05) is 26.2 Å². The Bertz CT molecular complexity index is 887. The van der Waals surface area contributed by atoms with E-state index in [2.05, 4.69) is 15.6 Å². The second-order valence-electron chi connectivity index (χ2n) is 8.00. The Hall–Kier alpha value is -1.89. The molecule has 2 unspecified atom stereocenters. The van der Waals surface area contributed by atoms with Crippen LogP contribution in [0.2, 0.25) is 0 Å². The fourth-order valence-electron chi connectivity index (χ4n) is 4.31. The first-order valence-electron chi connectivity index (χ1n) is 10.3. The van der Waals surface area contributed by atoms with Gasteiger partial charge in [-0.3, -0.25) is 9.59 Å². The second kappa shape index (κ2) is 10.9. The zero-order chi connectivity index (χ0) is 19.5. The molecule has 2 aliphatic heterocycles. The van der Waals surface area contributed by atoms with E-state index in [1.807, 2.05) is 42.2 Å². The Kier molecular flexibility index (Phi) is 8.89. The van der Waals surface area contributed by atoms with Crippen molar-refractivity contribution in [1.29, 1.82) is 0 Å². The molecular formula is C22H30Cl2N4O2. The van der Waals surface area contributed by atoms with Gasteiger partial charge in [0.25, 0.3) is 5.91 Å². The molecule has 0 aliphatic carbocycles. The van der Waals surface area contributed by atoms with Crippen molar-refractivity contribution in [2.45, 2.75) is 38.6 Å². The topological polar surface area (TPSA) is 74.3 Å². The van der Waals surface area contributed by atoms with E-state index < -0.39 is 0 Å². The fourth-order valence-corrected chi connectivity index (χ4v) is 4.31. The summed E-state index contributed by atoms with van der Waals surface area (Å²) in [7, 11) is 0. The summed E-state index contributed by atoms with van der Waals surface area (Å²) in [5.41, 5.74) is 2.44. The summed E-state index contributed by atoms with van der Waals surface area (Å²) in [5.74, 6) is 0.375. The summed E-state index contributed by atoms with van der Waals surface area (Å²) in [4.78, 5) is 31.8. The molecule has 0 bridgehead atoms. The zero-order valence-electron chi connectivity index (χ0n) is 17.2. The van der Waals surface area contributed by atoms with E-state index in [1.165, 1.54) is 0 Å². The lowest BCUT2D eigenvalue weighted by molar-refractivity contribution is -0.123. The van der Waals surface area contributed by atoms with Gasteiger partial charge in [-0.25, -0.2) is 4.98 Å². The highest BCUT2D eigenvalue weighted by molar-refractivity contribution is 5.96. The highest BCUT2D eigenvalue weighted by atomic mass is 35.5. The van der Waals surface area contributed by atoms with Crippen molar-refractivity contribution in [3.05, 3.63) is 41.6 Å². The van der Waals surface area contributed by atoms with E-state index in [1.54, 1.807) is 0 Å². The number of carbonyl (C=O) groups excluding carboxylic acids is 2. The van der Waals surface area contributed by atoms with Gasteiger partial charge in [0.05, 0.1) is 11.6 Å². The summed E-state index contributed by atoms with van der Waals surface area (Å²) in [5, 5.41) is 7.38. The van der Waals surface area contributed by atoms with Crippen LogP contribution in [0, 0.1) is 12.8 Å². The number of amides is 2. The summed E-state index contributed by atoms with van der Waals surface area (Å²) >= 11 is 0. The van der Waals surface area contributed by atoms with Crippen molar-refractivity contribution >= 4 is 47.5 Å². The number of piperidine rings is 1. The molecule has 1 aromatic heterocycles. The average Bonchev–Trinajstić information content (AvgIpc) is 3.27. The first kappa shape index (κ1) is 24.4. The summed E-state index contributed by atoms with van der Waals surface area (Å²) in [6, 6.07) is 9.76. The third-order valence-electron chi connectivity index (χ3n) is 5.89. The monoisotopic (exact) mass is 452 g/mol. The number of benzene rings is 1. The van der Waals surface area contributed by atoms with E-state index >= 15 is 0 Å². The van der Waals surface area contributed by atoms with Crippen LogP contribution in [-0.4, -0.2) is 53.9 Å². The van der Waals surface area contributed by atoms with Crippen LogP contribution in [0.1, 0.15) is 41.7 Å². The molecule has 6 nitrogen and oxygen atoms in total. The number of rotatable bonds is 4. The van der Waals surface area contributed by atoms with Crippen LogP contribution < -0.4 is 10.6 Å². The minimum Gasteiger partial charge on any atom is -0.354 e. The van der Waals surface area contributed by atoms with Gasteiger partial charge in [-0.15, -0.1) is 24.8 Å². The average molecular weight is 453 g/mol. The molecule has 2 aromatic rings. The second-order valence-corrected chi connectivity index (χ2v) is 8.00. The SMILES string of the molecule is Cc1cc(C(=O)N2CCCC(CNC(=O)C3CCCN3)C2)nc2ccccc12.Cl.Cl. The van der Waals surface area contributed by atoms with Crippen LogP contribution in [-0.2, 0) is 4.79 Å². The summed E-state index contributed by atoms with van der Waals surface area (Å²) in [6.45, 7) is 4.99. The summed E-state index contributed by atoms with van der Waals surface area (Å²) in [6.07, 6.45) is 3.96. The van der Waals surface area contributed by atoms with Gasteiger partial charge < -0.3 is 15.5 Å². The van der Waals surface area contributed by atoms with E-state index in [4.69, 9.17) is 0 Å². The smallest absolute Gasteiger partial charge is 0.272 e. The quantitative estimate of drug-likeness (QED) is 0.746. The Morgan fingerprint density at radius 3 is 2.77 bits per heavy atom. The van der Waals surface area contributed by atoms with Crippen LogP contribution in [0.5, 0.6) is 0 Å². The van der Waals surface area contributed by atoms with Gasteiger partial charge in [0.15, 0.2) is 0 Å². The van der Waals surface area contributed by atoms with Crippen LogP contribution in [0.3, 0.4) is 0 Å². The number of para-hydroxylation sites is 1. The Morgan fingerprint density at radius 1 is 1.20 bits per heavy atom. The number of nitrogens with one attached hydrogen (secondary N) is 2. The molecule has 0 radical (unpaired) electrons. The molecule has 4 rings (SSSR count). The maximum atomic E-state index is 13.1. The highest BCUT2D eigenvalue weighted by Gasteiger charge is 2.27. The van der Waals surface area contributed by atoms with E-state index in [-0.39, 0.29) is 42.7 Å². The van der Waals surface area contributed by atoms with Crippen molar-refractivity contribution in [1.82, 2.24) is 20.5 Å². The van der Waals surface area contributed by atoms with Gasteiger partial charge in [-0.05, 0) is 62.8 Å². The van der Waals surface area contributed by atoms with Gasteiger partial charge in [0.2, 0.25) is 5.91 Å². The molecule has 8 heteroatoms. The van der Waals surface area contributed by atoms with Gasteiger partial charge >= 0.3 is 0 Å². The normalized spacial score (nSPS) is 20.9. The lowest BCUT2D eigenvalue weighted by atomic mass is 9.97. The number of nitrogens with zero attached hydrogens (tertiary/aromatic N) is 2. The molecule has 2 fully saturated rings. The number of aryl methyl sites for hydroxylation is 1. The van der Waals surface area contributed by atoms with E-state index in [9.17, 15) is 9.59 Å². The van der Waals surface area contributed by atoms with Crippen molar-refractivity contribution in [2.24, 2.45) is 5.92 Å². The Morgan fingerprint density at radius 2 is 2.00 bits per heavy atom. The van der Waals surface area contributed by atoms with Crippen molar-refractivity contribution < 1.29 is 9.59 Å². The van der Waals surface area contributed by atoms with Crippen LogP contribution >= 0.6 is 24.8 Å². The standard InChI is InChI=1S/C22H28N4O2.2ClH/c1-15-12-20(25-18-8-3-2-7-17(15)18)22(28)26-11-5-6-16(14-26)13-24-21(27)19-9-4-10-23-19;;/h2-3,7-8,12,16,19,23H,4-6,9-11,13-14H2,1H3,(H,24,27);2*1H. The fraction of sp³-hybridized carbons (Fsp3) is 0.500. The molecule has 2 N–H and O–H groups in total. The van der Waals surface area contributed by atoms with Crippen molar-refractivity contribution in [3.8, 4) is 0 Å². The minimum atomic E-state index is -0.0499. The molecule has 2 saturated heterocycles. The molecule has 1 aromatic carbocycles. The van der Waals surface area contributed by atoms with Crippen LogP contribution in [0.25, 0.3) is 10.9 Å². The third-order valence-corrected chi connectivity index (χ3v) is 5.89. The Balaban J connectivity index is 0.00000160. The molecule has 0 spiro atoms. The van der Waals surface area contributed by atoms with Gasteiger partial charge in [0, 0.05) is 25.0 Å². The van der Waals surface area contributed by atoms with Gasteiger partial charge in [-0.1, -0.05) is 18.2 Å². The number of carbonyl (C=O) groups is 2. The number of aromatic nitrogens is 1. The van der Waals surface area contributed by atoms with Crippen LogP contribution in [0.15, 0.2) is 30.3 Å². The number of likely N-dealkylation sites (tertiary alicyclic amines) is 1. The maximum absolute atomic E-state index is 13.1. The van der Waals surface area contributed by atoms with Gasteiger partial charge in [0.1, 0.15) is 5.69 Å². The minimum absolute atomic E-state index is 0. The number of hydrogen-bond donors (Lipinski definition) is 2. The lowest BCUT2D eigenvalue weighted by Crippen LogP contribution is -2.46. The Labute approximate surface area is 190 Å². The number of pyridine rings is 1. The zero-order valence-corrected chi connectivity index (χ0v) is 18.9. The van der Waals surface area contributed by atoms with Gasteiger partial charge in [-0.2, -0.15) is 0 Å². The third kappa shape index (κ3) is 5.42. The predicted octanol–water partition coefficient (Wildman–Crippen LogP) is 3.11. The molecule has 3 heterocycles. The molecule has 30 heavy (non-hydrogen) atoms. The first-order valence-corrected chi connectivity index (χ1v) is 10.3. The molecule has 164 valence electrons. The first-order chi connectivity index (χ1) is 13.6. The molecular weight excluding hydrogens is 423 g/mol. The summed E-state index contributed by atoms with van der Waals surface area (Å²) < 4.78 is 0.